The van der Waals surface area contributed by atoms with E-state index in [2.05, 4.69) is 19.5 Å². The SMILES string of the molecule is CCc1nc(N2CCC3(CCN(Cc4ccc5c(c4)NS(=O)(=O)C5)C3)C2)c2cc(CC(F)(F)F)sc2n1. The van der Waals surface area contributed by atoms with Gasteiger partial charge in [0.2, 0.25) is 10.0 Å². The van der Waals surface area contributed by atoms with E-state index in [9.17, 15) is 21.6 Å². The van der Waals surface area contributed by atoms with E-state index < -0.39 is 22.6 Å². The molecule has 1 unspecified atom stereocenters. The molecule has 3 aromatic rings. The van der Waals surface area contributed by atoms with E-state index in [0.717, 1.165) is 73.8 Å². The maximum Gasteiger partial charge on any atom is 0.393 e. The Bertz CT molecular complexity index is 1470. The zero-order valence-corrected chi connectivity index (χ0v) is 22.1. The van der Waals surface area contributed by atoms with Crippen LogP contribution in [-0.2, 0) is 35.2 Å². The molecule has 1 aromatic carbocycles. The molecule has 2 aromatic heterocycles. The van der Waals surface area contributed by atoms with Crippen LogP contribution in [0, 0.1) is 5.41 Å². The van der Waals surface area contributed by atoms with Crippen molar-refractivity contribution in [2.24, 2.45) is 5.41 Å². The number of halogens is 3. The summed E-state index contributed by atoms with van der Waals surface area (Å²) in [7, 11) is -3.26. The Morgan fingerprint density at radius 1 is 1.14 bits per heavy atom. The first-order valence-electron chi connectivity index (χ1n) is 12.5. The summed E-state index contributed by atoms with van der Waals surface area (Å²) in [4.78, 5) is 14.8. The van der Waals surface area contributed by atoms with Crippen LogP contribution >= 0.6 is 11.3 Å². The van der Waals surface area contributed by atoms with Gasteiger partial charge in [-0.1, -0.05) is 19.1 Å². The summed E-state index contributed by atoms with van der Waals surface area (Å²) in [6, 6.07) is 7.46. The fourth-order valence-corrected chi connectivity index (χ4v) is 8.23. The molecular formula is C25H28F3N5O2S2. The number of aromatic nitrogens is 2. The van der Waals surface area contributed by atoms with Crippen molar-refractivity contribution in [1.82, 2.24) is 14.9 Å². The first-order valence-corrected chi connectivity index (χ1v) is 14.9. The second kappa shape index (κ2) is 8.81. The average Bonchev–Trinajstić information content (AvgIpc) is 3.57. The highest BCUT2D eigenvalue weighted by atomic mass is 32.2. The summed E-state index contributed by atoms with van der Waals surface area (Å²) in [5, 5.41) is 0.717. The smallest absolute Gasteiger partial charge is 0.355 e. The van der Waals surface area contributed by atoms with Gasteiger partial charge in [0.1, 0.15) is 16.5 Å². The van der Waals surface area contributed by atoms with Crippen molar-refractivity contribution in [1.29, 1.82) is 0 Å². The third-order valence-electron chi connectivity index (χ3n) is 7.61. The van der Waals surface area contributed by atoms with Gasteiger partial charge in [-0.25, -0.2) is 18.4 Å². The predicted molar refractivity (Wildman–Crippen MR) is 138 cm³/mol. The summed E-state index contributed by atoms with van der Waals surface area (Å²) in [6.07, 6.45) is -2.54. The van der Waals surface area contributed by atoms with Crippen LogP contribution in [0.1, 0.15) is 41.6 Å². The maximum absolute atomic E-state index is 13.0. The molecular weight excluding hydrogens is 523 g/mol. The van der Waals surface area contributed by atoms with Gasteiger partial charge in [0, 0.05) is 42.9 Å². The van der Waals surface area contributed by atoms with Gasteiger partial charge in [-0.15, -0.1) is 11.3 Å². The summed E-state index contributed by atoms with van der Waals surface area (Å²) in [6.45, 7) is 6.20. The van der Waals surface area contributed by atoms with Crippen molar-refractivity contribution in [3.05, 3.63) is 46.1 Å². The Balaban J connectivity index is 1.18. The minimum absolute atomic E-state index is 0.0309. The second-order valence-corrected chi connectivity index (χ2v) is 13.4. The van der Waals surface area contributed by atoms with Crippen molar-refractivity contribution in [3.63, 3.8) is 0 Å². The van der Waals surface area contributed by atoms with E-state index in [1.165, 1.54) is 0 Å². The number of nitrogens with zero attached hydrogens (tertiary/aromatic N) is 4. The first kappa shape index (κ1) is 24.9. The van der Waals surface area contributed by atoms with Gasteiger partial charge in [-0.2, -0.15) is 13.2 Å². The molecule has 7 nitrogen and oxygen atoms in total. The van der Waals surface area contributed by atoms with E-state index in [1.807, 2.05) is 25.1 Å². The van der Waals surface area contributed by atoms with Crippen LogP contribution in [-0.4, -0.2) is 55.6 Å². The van der Waals surface area contributed by atoms with Crippen LogP contribution in [0.5, 0.6) is 0 Å². The first-order chi connectivity index (χ1) is 17.5. The maximum atomic E-state index is 13.0. The average molecular weight is 552 g/mol. The fraction of sp³-hybridized carbons (Fsp3) is 0.520. The number of likely N-dealkylation sites (tertiary alicyclic amines) is 1. The Labute approximate surface area is 217 Å². The number of anilines is 2. The van der Waals surface area contributed by atoms with Gasteiger partial charge in [0.05, 0.1) is 23.2 Å². The van der Waals surface area contributed by atoms with Gasteiger partial charge in [-0.05, 0) is 42.6 Å². The number of sulfonamides is 1. The molecule has 37 heavy (non-hydrogen) atoms. The van der Waals surface area contributed by atoms with Crippen LogP contribution < -0.4 is 9.62 Å². The molecule has 0 saturated carbocycles. The molecule has 3 aliphatic rings. The summed E-state index contributed by atoms with van der Waals surface area (Å²) in [5.41, 5.74) is 2.67. The number of rotatable bonds is 5. The Hall–Kier alpha value is -2.44. The standard InChI is InChI=1S/C25H28F3N5O2S2/c1-2-21-29-22(19-10-18(11-25(26,27)28)36-23(19)30-21)33-8-6-24(15-33)5-7-32(14-24)12-16-3-4-17-13-37(34,35)31-20(17)9-16/h3-4,9-10,31H,2,5-8,11-15H2,1H3. The topological polar surface area (TPSA) is 78.4 Å². The highest BCUT2D eigenvalue weighted by molar-refractivity contribution is 7.92. The number of hydrogen-bond donors (Lipinski definition) is 1. The lowest BCUT2D eigenvalue weighted by atomic mass is 9.86. The molecule has 1 atom stereocenters. The Morgan fingerprint density at radius 3 is 2.73 bits per heavy atom. The molecule has 0 bridgehead atoms. The summed E-state index contributed by atoms with van der Waals surface area (Å²) in [5.74, 6) is 1.44. The zero-order valence-electron chi connectivity index (χ0n) is 20.4. The third-order valence-corrected chi connectivity index (χ3v) is 9.86. The number of fused-ring (bicyclic) bond motifs is 2. The van der Waals surface area contributed by atoms with E-state index in [1.54, 1.807) is 6.07 Å². The van der Waals surface area contributed by atoms with Crippen molar-refractivity contribution in [3.8, 4) is 0 Å². The molecule has 12 heteroatoms. The Kier molecular flexibility index (Phi) is 5.92. The number of alkyl halides is 3. The zero-order chi connectivity index (χ0) is 26.0. The van der Waals surface area contributed by atoms with E-state index in [0.29, 0.717) is 28.1 Å². The lowest BCUT2D eigenvalue weighted by Crippen LogP contribution is -2.31. The van der Waals surface area contributed by atoms with Crippen molar-refractivity contribution < 1.29 is 21.6 Å². The highest BCUT2D eigenvalue weighted by Gasteiger charge is 2.44. The summed E-state index contributed by atoms with van der Waals surface area (Å²) < 4.78 is 65.4. The van der Waals surface area contributed by atoms with Crippen LogP contribution in [0.4, 0.5) is 24.7 Å². The number of benzene rings is 1. The lowest BCUT2D eigenvalue weighted by Gasteiger charge is -2.26. The molecule has 0 aliphatic carbocycles. The lowest BCUT2D eigenvalue weighted by molar-refractivity contribution is -0.126. The number of aryl methyl sites for hydroxylation is 1. The fourth-order valence-electron chi connectivity index (χ4n) is 5.90. The van der Waals surface area contributed by atoms with Crippen LogP contribution in [0.25, 0.3) is 10.2 Å². The molecule has 198 valence electrons. The second-order valence-electron chi connectivity index (χ2n) is 10.5. The van der Waals surface area contributed by atoms with Crippen LogP contribution in [0.2, 0.25) is 0 Å². The predicted octanol–water partition coefficient (Wildman–Crippen LogP) is 4.72. The van der Waals surface area contributed by atoms with Crippen molar-refractivity contribution in [2.45, 2.75) is 51.1 Å². The number of thiophene rings is 1. The van der Waals surface area contributed by atoms with E-state index in [4.69, 9.17) is 4.98 Å². The number of nitrogens with one attached hydrogen (secondary N) is 1. The highest BCUT2D eigenvalue weighted by Crippen LogP contribution is 2.43. The molecule has 1 spiro atoms. The van der Waals surface area contributed by atoms with Crippen LogP contribution in [0.15, 0.2) is 24.3 Å². The summed E-state index contributed by atoms with van der Waals surface area (Å²) >= 11 is 1.11. The minimum Gasteiger partial charge on any atom is -0.355 e. The van der Waals surface area contributed by atoms with Gasteiger partial charge >= 0.3 is 6.18 Å². The molecule has 5 heterocycles. The molecule has 2 fully saturated rings. The third kappa shape index (κ3) is 5.03. The van der Waals surface area contributed by atoms with Gasteiger partial charge < -0.3 is 4.90 Å². The van der Waals surface area contributed by atoms with E-state index >= 15 is 0 Å². The van der Waals surface area contributed by atoms with E-state index in [-0.39, 0.29) is 16.0 Å². The molecule has 3 aliphatic heterocycles. The van der Waals surface area contributed by atoms with Gasteiger partial charge in [0.25, 0.3) is 0 Å². The number of hydrogen-bond acceptors (Lipinski definition) is 7. The molecule has 2 saturated heterocycles. The quantitative estimate of drug-likeness (QED) is 0.495. The normalized spacial score (nSPS) is 23.3. The molecule has 0 radical (unpaired) electrons. The van der Waals surface area contributed by atoms with Gasteiger partial charge in [-0.3, -0.25) is 9.62 Å². The monoisotopic (exact) mass is 551 g/mol. The van der Waals surface area contributed by atoms with Gasteiger partial charge in [0.15, 0.2) is 0 Å². The largest absolute Gasteiger partial charge is 0.393 e. The Morgan fingerprint density at radius 2 is 1.95 bits per heavy atom. The minimum atomic E-state index is -4.25. The van der Waals surface area contributed by atoms with Crippen LogP contribution in [0.3, 0.4) is 0 Å². The molecule has 1 N–H and O–H groups in total. The van der Waals surface area contributed by atoms with Crippen molar-refractivity contribution in [2.75, 3.05) is 35.8 Å². The molecule has 6 rings (SSSR count). The van der Waals surface area contributed by atoms with Crippen molar-refractivity contribution >= 4 is 43.1 Å². The molecule has 0 amide bonds.